The number of aromatic nitrogens is 5. The number of hydrogen-bond donors (Lipinski definition) is 4. The van der Waals surface area contributed by atoms with Gasteiger partial charge in [0, 0.05) is 30.2 Å². The van der Waals surface area contributed by atoms with Crippen LogP contribution in [0, 0.1) is 0 Å². The van der Waals surface area contributed by atoms with Crippen molar-refractivity contribution in [1.82, 2.24) is 24.6 Å². The van der Waals surface area contributed by atoms with Gasteiger partial charge in [-0.2, -0.15) is 20.1 Å². The molecule has 1 atom stereocenters. The Morgan fingerprint density at radius 1 is 1.23 bits per heavy atom. The number of aliphatic hydroxyl groups is 2. The van der Waals surface area contributed by atoms with E-state index in [1.165, 1.54) is 0 Å². The second-order valence-corrected chi connectivity index (χ2v) is 7.95. The molecule has 3 aromatic heterocycles. The maximum Gasteiger partial charge on any atom is 0.232 e. The molecule has 10 heteroatoms. The van der Waals surface area contributed by atoms with Crippen molar-refractivity contribution in [3.63, 3.8) is 0 Å². The Kier molecular flexibility index (Phi) is 5.35. The second-order valence-electron chi connectivity index (χ2n) is 7.95. The number of fused-ring (bicyclic) bond motifs is 1. The van der Waals surface area contributed by atoms with E-state index in [-0.39, 0.29) is 29.8 Å². The van der Waals surface area contributed by atoms with Crippen LogP contribution in [0.15, 0.2) is 36.4 Å². The zero-order valence-corrected chi connectivity index (χ0v) is 16.8. The molecule has 0 spiro atoms. The summed E-state index contributed by atoms with van der Waals surface area (Å²) in [6, 6.07) is 5.56. The lowest BCUT2D eigenvalue weighted by atomic mass is 9.96. The standard InChI is InChI=1S/C20H24FN7O2/c1-20(2,30)11-22-18-25-17(14-4-3-5-15(29)16(14)21)26-19(27-18)24-12-7-9-28-13(10-12)6-8-23-28/h6-10,15,29-30H,3-5,11H2,1-2H3,(H2,22,24,25,26,27). The van der Waals surface area contributed by atoms with Gasteiger partial charge < -0.3 is 20.8 Å². The predicted molar refractivity (Wildman–Crippen MR) is 111 cm³/mol. The van der Waals surface area contributed by atoms with Crippen LogP contribution in [-0.4, -0.2) is 53.0 Å². The van der Waals surface area contributed by atoms with Gasteiger partial charge in [0.2, 0.25) is 11.9 Å². The first-order valence-electron chi connectivity index (χ1n) is 9.78. The highest BCUT2D eigenvalue weighted by molar-refractivity contribution is 5.67. The summed E-state index contributed by atoms with van der Waals surface area (Å²) in [5.74, 6) is -0.0159. The van der Waals surface area contributed by atoms with Gasteiger partial charge in [0.1, 0.15) is 11.9 Å². The van der Waals surface area contributed by atoms with Crippen molar-refractivity contribution in [2.45, 2.75) is 44.8 Å². The van der Waals surface area contributed by atoms with Crippen molar-refractivity contribution in [2.24, 2.45) is 0 Å². The van der Waals surface area contributed by atoms with E-state index in [0.29, 0.717) is 19.3 Å². The Morgan fingerprint density at radius 3 is 2.83 bits per heavy atom. The quantitative estimate of drug-likeness (QED) is 0.487. The molecule has 0 bridgehead atoms. The number of pyridine rings is 1. The third-order valence-electron chi connectivity index (χ3n) is 4.73. The number of aliphatic hydroxyl groups excluding tert-OH is 1. The number of hydrogen-bond acceptors (Lipinski definition) is 8. The van der Waals surface area contributed by atoms with Gasteiger partial charge in [-0.25, -0.2) is 8.91 Å². The first-order chi connectivity index (χ1) is 14.3. The molecular weight excluding hydrogens is 389 g/mol. The predicted octanol–water partition coefficient (Wildman–Crippen LogP) is 2.67. The van der Waals surface area contributed by atoms with E-state index >= 15 is 0 Å². The van der Waals surface area contributed by atoms with Crippen molar-refractivity contribution in [3.8, 4) is 0 Å². The highest BCUT2D eigenvalue weighted by Crippen LogP contribution is 2.32. The molecule has 1 aliphatic rings. The highest BCUT2D eigenvalue weighted by atomic mass is 19.1. The van der Waals surface area contributed by atoms with Crippen LogP contribution in [0.2, 0.25) is 0 Å². The minimum Gasteiger partial charge on any atom is -0.389 e. The van der Waals surface area contributed by atoms with Crippen molar-refractivity contribution in [3.05, 3.63) is 42.2 Å². The van der Waals surface area contributed by atoms with Gasteiger partial charge >= 0.3 is 0 Å². The van der Waals surface area contributed by atoms with E-state index in [2.05, 4.69) is 30.7 Å². The first-order valence-corrected chi connectivity index (χ1v) is 9.78. The maximum atomic E-state index is 14.6. The molecule has 1 unspecified atom stereocenters. The van der Waals surface area contributed by atoms with Crippen LogP contribution in [0.1, 0.15) is 38.9 Å². The average molecular weight is 413 g/mol. The molecule has 1 aliphatic carbocycles. The van der Waals surface area contributed by atoms with Gasteiger partial charge in [-0.1, -0.05) is 0 Å². The smallest absolute Gasteiger partial charge is 0.232 e. The molecular formula is C20H24FN7O2. The summed E-state index contributed by atoms with van der Waals surface area (Å²) < 4.78 is 16.3. The number of anilines is 3. The van der Waals surface area contributed by atoms with Gasteiger partial charge in [0.25, 0.3) is 0 Å². The monoisotopic (exact) mass is 413 g/mol. The number of rotatable bonds is 6. The largest absolute Gasteiger partial charge is 0.389 e. The summed E-state index contributed by atoms with van der Waals surface area (Å²) >= 11 is 0. The number of halogens is 1. The zero-order valence-electron chi connectivity index (χ0n) is 16.8. The van der Waals surface area contributed by atoms with Crippen LogP contribution in [0.4, 0.5) is 22.0 Å². The summed E-state index contributed by atoms with van der Waals surface area (Å²) in [5, 5.41) is 30.1. The number of nitrogens with one attached hydrogen (secondary N) is 2. The molecule has 0 saturated carbocycles. The van der Waals surface area contributed by atoms with Crippen LogP contribution in [0.3, 0.4) is 0 Å². The third-order valence-corrected chi connectivity index (χ3v) is 4.73. The van der Waals surface area contributed by atoms with Crippen LogP contribution < -0.4 is 10.6 Å². The van der Waals surface area contributed by atoms with E-state index in [4.69, 9.17) is 0 Å². The molecule has 0 aromatic carbocycles. The fourth-order valence-electron chi connectivity index (χ4n) is 3.21. The van der Waals surface area contributed by atoms with Crippen molar-refractivity contribution < 1.29 is 14.6 Å². The Balaban J connectivity index is 1.70. The molecule has 4 N–H and O–H groups in total. The summed E-state index contributed by atoms with van der Waals surface area (Å²) in [5.41, 5.74) is 0.904. The molecule has 0 saturated heterocycles. The zero-order chi connectivity index (χ0) is 21.3. The van der Waals surface area contributed by atoms with Gasteiger partial charge in [-0.3, -0.25) is 0 Å². The number of allylic oxidation sites excluding steroid dienone is 1. The Hall–Kier alpha value is -3.11. The van der Waals surface area contributed by atoms with Crippen LogP contribution >= 0.6 is 0 Å². The average Bonchev–Trinajstić information content (AvgIpc) is 3.16. The molecule has 0 radical (unpaired) electrons. The minimum atomic E-state index is -1.14. The Labute approximate surface area is 172 Å². The molecule has 0 fully saturated rings. The topological polar surface area (TPSA) is 120 Å². The van der Waals surface area contributed by atoms with Crippen molar-refractivity contribution in [2.75, 3.05) is 17.2 Å². The van der Waals surface area contributed by atoms with Crippen LogP contribution in [0.5, 0.6) is 0 Å². The normalized spacial score (nSPS) is 17.4. The third kappa shape index (κ3) is 4.55. The molecule has 30 heavy (non-hydrogen) atoms. The first kappa shape index (κ1) is 20.2. The fraction of sp³-hybridized carbons (Fsp3) is 0.400. The Bertz CT molecular complexity index is 1090. The van der Waals surface area contributed by atoms with E-state index in [1.807, 2.05) is 18.2 Å². The van der Waals surface area contributed by atoms with Crippen LogP contribution in [-0.2, 0) is 0 Å². The summed E-state index contributed by atoms with van der Waals surface area (Å²) in [6.07, 6.45) is 3.80. The van der Waals surface area contributed by atoms with E-state index in [1.54, 1.807) is 30.8 Å². The van der Waals surface area contributed by atoms with Gasteiger partial charge in [-0.05, 0) is 51.3 Å². The van der Waals surface area contributed by atoms with Gasteiger partial charge in [0.05, 0.1) is 11.1 Å². The lowest BCUT2D eigenvalue weighted by Gasteiger charge is -2.21. The summed E-state index contributed by atoms with van der Waals surface area (Å²) in [6.45, 7) is 3.51. The lowest BCUT2D eigenvalue weighted by molar-refractivity contribution is 0.0943. The molecule has 3 aromatic rings. The molecule has 3 heterocycles. The van der Waals surface area contributed by atoms with Crippen molar-refractivity contribution in [1.29, 1.82) is 0 Å². The second kappa shape index (κ2) is 7.96. The molecule has 9 nitrogen and oxygen atoms in total. The minimum absolute atomic E-state index is 0.160. The van der Waals surface area contributed by atoms with E-state index < -0.39 is 17.5 Å². The lowest BCUT2D eigenvalue weighted by Crippen LogP contribution is -2.30. The van der Waals surface area contributed by atoms with Gasteiger partial charge in [-0.15, -0.1) is 0 Å². The summed E-state index contributed by atoms with van der Waals surface area (Å²) in [7, 11) is 0. The summed E-state index contributed by atoms with van der Waals surface area (Å²) in [4.78, 5) is 13.1. The molecule has 0 aliphatic heterocycles. The maximum absolute atomic E-state index is 14.6. The highest BCUT2D eigenvalue weighted by Gasteiger charge is 2.25. The SMILES string of the molecule is CC(C)(O)CNc1nc(Nc2ccn3nccc3c2)nc(C2=C(F)C(O)CCC2)n1. The molecule has 158 valence electrons. The van der Waals surface area contributed by atoms with E-state index in [0.717, 1.165) is 11.2 Å². The molecule has 0 amide bonds. The number of nitrogens with zero attached hydrogens (tertiary/aromatic N) is 5. The van der Waals surface area contributed by atoms with Crippen molar-refractivity contribution >= 4 is 28.7 Å². The molecule has 4 rings (SSSR count). The fourth-order valence-corrected chi connectivity index (χ4v) is 3.21. The van der Waals surface area contributed by atoms with Crippen LogP contribution in [0.25, 0.3) is 11.1 Å². The van der Waals surface area contributed by atoms with E-state index in [9.17, 15) is 14.6 Å². The van der Waals surface area contributed by atoms with Gasteiger partial charge in [0.15, 0.2) is 5.82 Å². The Morgan fingerprint density at radius 2 is 2.03 bits per heavy atom.